The van der Waals surface area contributed by atoms with Gasteiger partial charge in [0, 0.05) is 12.1 Å². The summed E-state index contributed by atoms with van der Waals surface area (Å²) in [6.45, 7) is 1.88. The van der Waals surface area contributed by atoms with Crippen LogP contribution in [0.1, 0.15) is 21.8 Å². The van der Waals surface area contributed by atoms with Crippen LogP contribution in [-0.4, -0.2) is 20.6 Å². The number of para-hydroxylation sites is 2. The zero-order chi connectivity index (χ0) is 19.7. The Balaban J connectivity index is 1.54. The van der Waals surface area contributed by atoms with E-state index in [0.29, 0.717) is 28.0 Å². The number of hydrogen-bond donors (Lipinski definition) is 1. The lowest BCUT2D eigenvalue weighted by Crippen LogP contribution is -2.17. The number of benzene rings is 2. The normalized spacial score (nSPS) is 11.0. The molecule has 0 spiro atoms. The Kier molecular flexibility index (Phi) is 4.75. The van der Waals surface area contributed by atoms with E-state index in [2.05, 4.69) is 15.5 Å². The molecule has 1 amide bonds. The number of fused-ring (bicyclic) bond motifs is 1. The lowest BCUT2D eigenvalue weighted by Gasteiger charge is -2.07. The van der Waals surface area contributed by atoms with Gasteiger partial charge in [0.2, 0.25) is 5.95 Å². The second-order valence-corrected chi connectivity index (χ2v) is 6.68. The number of ether oxygens (including phenoxy) is 1. The van der Waals surface area contributed by atoms with E-state index >= 15 is 0 Å². The van der Waals surface area contributed by atoms with Crippen molar-refractivity contribution in [3.8, 4) is 5.75 Å². The van der Waals surface area contributed by atoms with Crippen LogP contribution in [0, 0.1) is 6.92 Å². The summed E-state index contributed by atoms with van der Waals surface area (Å²) in [7, 11) is 1.84. The fourth-order valence-electron chi connectivity index (χ4n) is 2.84. The number of imidazole rings is 1. The van der Waals surface area contributed by atoms with Crippen molar-refractivity contribution in [2.45, 2.75) is 13.5 Å². The number of halogens is 1. The molecule has 2 heterocycles. The number of hydrogen-bond acceptors (Lipinski definition) is 5. The van der Waals surface area contributed by atoms with Crippen LogP contribution in [0.5, 0.6) is 5.75 Å². The minimum atomic E-state index is -0.412. The number of amides is 1. The highest BCUT2D eigenvalue weighted by atomic mass is 35.5. The van der Waals surface area contributed by atoms with Crippen LogP contribution in [0.4, 0.5) is 5.95 Å². The van der Waals surface area contributed by atoms with Gasteiger partial charge >= 0.3 is 0 Å². The number of nitrogens with zero attached hydrogens (tertiary/aromatic N) is 3. The Labute approximate surface area is 165 Å². The smallest absolute Gasteiger partial charge is 0.280 e. The number of anilines is 1. The average molecular weight is 397 g/mol. The van der Waals surface area contributed by atoms with Gasteiger partial charge in [0.1, 0.15) is 18.1 Å². The summed E-state index contributed by atoms with van der Waals surface area (Å²) in [6, 6.07) is 14.6. The molecule has 2 aromatic carbocycles. The second-order valence-electron chi connectivity index (χ2n) is 6.25. The van der Waals surface area contributed by atoms with E-state index in [9.17, 15) is 4.79 Å². The first-order valence-electron chi connectivity index (χ1n) is 8.59. The summed E-state index contributed by atoms with van der Waals surface area (Å²) in [6.07, 6.45) is 0. The molecule has 7 nitrogen and oxygen atoms in total. The van der Waals surface area contributed by atoms with E-state index in [0.717, 1.165) is 11.0 Å². The molecule has 8 heteroatoms. The van der Waals surface area contributed by atoms with Crippen molar-refractivity contribution in [3.63, 3.8) is 0 Å². The maximum Gasteiger partial charge on any atom is 0.280 e. The molecular formula is C20H17ClN4O3. The molecular weight excluding hydrogens is 380 g/mol. The van der Waals surface area contributed by atoms with Crippen molar-refractivity contribution in [2.75, 3.05) is 5.32 Å². The van der Waals surface area contributed by atoms with Crippen molar-refractivity contribution in [2.24, 2.45) is 7.05 Å². The number of nitrogens with one attached hydrogen (secondary N) is 1. The molecule has 1 N–H and O–H groups in total. The van der Waals surface area contributed by atoms with E-state index in [1.807, 2.05) is 35.9 Å². The highest BCUT2D eigenvalue weighted by molar-refractivity contribution is 6.30. The Hall–Kier alpha value is -3.32. The van der Waals surface area contributed by atoms with E-state index < -0.39 is 5.91 Å². The first kappa shape index (κ1) is 18.1. The number of aryl methyl sites for hydroxylation is 2. The minimum absolute atomic E-state index is 0.141. The molecule has 2 aromatic heterocycles. The fraction of sp³-hybridized carbons (Fsp3) is 0.150. The molecule has 4 aromatic rings. The van der Waals surface area contributed by atoms with E-state index in [1.165, 1.54) is 0 Å². The van der Waals surface area contributed by atoms with E-state index in [4.69, 9.17) is 20.9 Å². The van der Waals surface area contributed by atoms with Gasteiger partial charge in [-0.3, -0.25) is 10.1 Å². The van der Waals surface area contributed by atoms with Gasteiger partial charge in [-0.1, -0.05) is 28.9 Å². The van der Waals surface area contributed by atoms with Crippen LogP contribution in [0.3, 0.4) is 0 Å². The van der Waals surface area contributed by atoms with Crippen molar-refractivity contribution in [1.29, 1.82) is 0 Å². The Morgan fingerprint density at radius 3 is 2.71 bits per heavy atom. The van der Waals surface area contributed by atoms with E-state index in [-0.39, 0.29) is 12.3 Å². The van der Waals surface area contributed by atoms with Crippen molar-refractivity contribution >= 4 is 34.5 Å². The molecule has 0 saturated heterocycles. The van der Waals surface area contributed by atoms with Crippen molar-refractivity contribution in [3.05, 3.63) is 70.6 Å². The van der Waals surface area contributed by atoms with Crippen molar-refractivity contribution in [1.82, 2.24) is 14.7 Å². The summed E-state index contributed by atoms with van der Waals surface area (Å²) < 4.78 is 12.8. The molecule has 0 aliphatic carbocycles. The lowest BCUT2D eigenvalue weighted by atomic mass is 10.2. The van der Waals surface area contributed by atoms with Crippen LogP contribution in [0.15, 0.2) is 53.1 Å². The third-order valence-electron chi connectivity index (χ3n) is 4.41. The number of aromatic nitrogens is 3. The molecule has 28 heavy (non-hydrogen) atoms. The van der Waals surface area contributed by atoms with E-state index in [1.54, 1.807) is 31.2 Å². The number of carbonyl (C=O) groups excluding carboxylic acids is 1. The first-order chi connectivity index (χ1) is 13.5. The van der Waals surface area contributed by atoms with Crippen LogP contribution in [0.2, 0.25) is 5.02 Å². The topological polar surface area (TPSA) is 82.2 Å². The Morgan fingerprint density at radius 2 is 1.96 bits per heavy atom. The maximum absolute atomic E-state index is 12.8. The fourth-order valence-corrected chi connectivity index (χ4v) is 2.97. The summed E-state index contributed by atoms with van der Waals surface area (Å²) in [5.74, 6) is 1.16. The highest BCUT2D eigenvalue weighted by Crippen LogP contribution is 2.22. The van der Waals surface area contributed by atoms with Crippen LogP contribution in [0.25, 0.3) is 11.0 Å². The van der Waals surface area contributed by atoms with Crippen molar-refractivity contribution < 1.29 is 14.1 Å². The molecule has 0 atom stereocenters. The van der Waals surface area contributed by atoms with Crippen LogP contribution in [-0.2, 0) is 13.7 Å². The molecule has 0 radical (unpaired) electrons. The Bertz CT molecular complexity index is 1150. The first-order valence-corrected chi connectivity index (χ1v) is 8.97. The molecule has 4 rings (SSSR count). The van der Waals surface area contributed by atoms with Gasteiger partial charge in [-0.25, -0.2) is 4.98 Å². The van der Waals surface area contributed by atoms with Gasteiger partial charge in [0.25, 0.3) is 5.91 Å². The molecule has 0 aliphatic rings. The standard InChI is InChI=1S/C20H17ClN4O3/c1-12-15(11-27-14-9-7-13(21)8-10-14)18(24-28-12)19(26)23-20-22-16-5-3-4-6-17(16)25(20)2/h3-10H,11H2,1-2H3,(H,22,23,26). The third kappa shape index (κ3) is 3.44. The zero-order valence-electron chi connectivity index (χ0n) is 15.3. The van der Waals surface area contributed by atoms with Gasteiger partial charge in [-0.2, -0.15) is 0 Å². The quantitative estimate of drug-likeness (QED) is 0.542. The molecule has 0 saturated carbocycles. The van der Waals surface area contributed by atoms with Gasteiger partial charge in [-0.15, -0.1) is 0 Å². The molecule has 0 unspecified atom stereocenters. The number of carbonyl (C=O) groups is 1. The zero-order valence-corrected chi connectivity index (χ0v) is 16.0. The van der Waals surface area contributed by atoms with Crippen LogP contribution < -0.4 is 10.1 Å². The monoisotopic (exact) mass is 396 g/mol. The summed E-state index contributed by atoms with van der Waals surface area (Å²) in [4.78, 5) is 17.2. The largest absolute Gasteiger partial charge is 0.489 e. The van der Waals surface area contributed by atoms with Gasteiger partial charge < -0.3 is 13.8 Å². The molecule has 142 valence electrons. The van der Waals surface area contributed by atoms with Crippen LogP contribution >= 0.6 is 11.6 Å². The predicted molar refractivity (Wildman–Crippen MR) is 106 cm³/mol. The van der Waals surface area contributed by atoms with Gasteiger partial charge in [-0.05, 0) is 43.3 Å². The molecule has 0 fully saturated rings. The average Bonchev–Trinajstić information content (AvgIpc) is 3.22. The SMILES string of the molecule is Cc1onc(C(=O)Nc2nc3ccccc3n2C)c1COc1ccc(Cl)cc1. The van der Waals surface area contributed by atoms with Gasteiger partial charge in [0.15, 0.2) is 5.69 Å². The highest BCUT2D eigenvalue weighted by Gasteiger charge is 2.22. The summed E-state index contributed by atoms with van der Waals surface area (Å²) in [5, 5.41) is 7.31. The third-order valence-corrected chi connectivity index (χ3v) is 4.66. The number of rotatable bonds is 5. The molecule has 0 aliphatic heterocycles. The Morgan fingerprint density at radius 1 is 1.21 bits per heavy atom. The molecule has 0 bridgehead atoms. The summed E-state index contributed by atoms with van der Waals surface area (Å²) >= 11 is 5.88. The van der Waals surface area contributed by atoms with Gasteiger partial charge in [0.05, 0.1) is 16.6 Å². The predicted octanol–water partition coefficient (Wildman–Crippen LogP) is 4.35. The minimum Gasteiger partial charge on any atom is -0.489 e. The summed E-state index contributed by atoms with van der Waals surface area (Å²) in [5.41, 5.74) is 2.45. The lowest BCUT2D eigenvalue weighted by molar-refractivity contribution is 0.101. The maximum atomic E-state index is 12.8. The second kappa shape index (κ2) is 7.36.